The van der Waals surface area contributed by atoms with Crippen LogP contribution in [-0.4, -0.2) is 18.0 Å². The van der Waals surface area contributed by atoms with Gasteiger partial charge in [0.25, 0.3) is 0 Å². The molecule has 0 amide bonds. The molecule has 0 atom stereocenters. The molecular weight excluding hydrogens is 214 g/mol. The molecule has 0 saturated carbocycles. The Morgan fingerprint density at radius 1 is 1.35 bits per heavy atom. The maximum absolute atomic E-state index is 11.1. The summed E-state index contributed by atoms with van der Waals surface area (Å²) in [6, 6.07) is 7.80. The van der Waals surface area contributed by atoms with Gasteiger partial charge in [-0.1, -0.05) is 13.8 Å². The van der Waals surface area contributed by atoms with Crippen LogP contribution in [-0.2, 0) is 6.54 Å². The van der Waals surface area contributed by atoms with Crippen molar-refractivity contribution in [3.63, 3.8) is 0 Å². The van der Waals surface area contributed by atoms with Gasteiger partial charge in [0.2, 0.25) is 0 Å². The van der Waals surface area contributed by atoms with E-state index in [0.717, 1.165) is 35.2 Å². The second-order valence-corrected chi connectivity index (χ2v) is 4.62. The standard InChI is InChI=1S/C14H17NO2/c1-10(2)8-15-12(9-16)6-11-7-13(17-3)4-5-14(11)15/h4-7,9-10H,8H2,1-3H3. The lowest BCUT2D eigenvalue weighted by molar-refractivity contribution is 0.111. The molecular formula is C14H17NO2. The quantitative estimate of drug-likeness (QED) is 0.757. The van der Waals surface area contributed by atoms with E-state index in [4.69, 9.17) is 4.74 Å². The third-order valence-electron chi connectivity index (χ3n) is 2.81. The molecule has 1 aromatic heterocycles. The zero-order valence-corrected chi connectivity index (χ0v) is 10.4. The Labute approximate surface area is 101 Å². The predicted octanol–water partition coefficient (Wildman–Crippen LogP) is 3.12. The Bertz CT molecular complexity index is 540. The molecule has 90 valence electrons. The molecule has 3 heteroatoms. The minimum absolute atomic E-state index is 0.506. The fourth-order valence-corrected chi connectivity index (χ4v) is 2.06. The van der Waals surface area contributed by atoms with E-state index in [0.29, 0.717) is 5.92 Å². The summed E-state index contributed by atoms with van der Waals surface area (Å²) in [5.41, 5.74) is 1.81. The predicted molar refractivity (Wildman–Crippen MR) is 68.7 cm³/mol. The third kappa shape index (κ3) is 2.18. The van der Waals surface area contributed by atoms with Crippen LogP contribution >= 0.6 is 0 Å². The Morgan fingerprint density at radius 2 is 2.12 bits per heavy atom. The number of ether oxygens (including phenoxy) is 1. The molecule has 0 aliphatic rings. The number of nitrogens with zero attached hydrogens (tertiary/aromatic N) is 1. The van der Waals surface area contributed by atoms with Crippen LogP contribution < -0.4 is 4.74 Å². The number of carbonyl (C=O) groups excluding carboxylic acids is 1. The molecule has 0 radical (unpaired) electrons. The van der Waals surface area contributed by atoms with E-state index < -0.39 is 0 Å². The Balaban J connectivity index is 2.59. The van der Waals surface area contributed by atoms with Crippen molar-refractivity contribution in [1.29, 1.82) is 0 Å². The minimum Gasteiger partial charge on any atom is -0.497 e. The van der Waals surface area contributed by atoms with Gasteiger partial charge in [0.1, 0.15) is 5.75 Å². The van der Waals surface area contributed by atoms with Crippen molar-refractivity contribution in [3.8, 4) is 5.75 Å². The van der Waals surface area contributed by atoms with Crippen molar-refractivity contribution in [1.82, 2.24) is 4.57 Å². The topological polar surface area (TPSA) is 31.2 Å². The fourth-order valence-electron chi connectivity index (χ4n) is 2.06. The molecule has 0 spiro atoms. The van der Waals surface area contributed by atoms with Gasteiger partial charge in [-0.05, 0) is 30.2 Å². The fraction of sp³-hybridized carbons (Fsp3) is 0.357. The van der Waals surface area contributed by atoms with E-state index in [-0.39, 0.29) is 0 Å². The molecule has 1 heterocycles. The first-order valence-electron chi connectivity index (χ1n) is 5.78. The molecule has 1 aromatic carbocycles. The normalized spacial score (nSPS) is 11.1. The molecule has 0 N–H and O–H groups in total. The minimum atomic E-state index is 0.506. The molecule has 0 aliphatic heterocycles. The van der Waals surface area contributed by atoms with E-state index >= 15 is 0 Å². The summed E-state index contributed by atoms with van der Waals surface area (Å²) in [7, 11) is 1.65. The van der Waals surface area contributed by atoms with E-state index in [9.17, 15) is 4.79 Å². The number of hydrogen-bond donors (Lipinski definition) is 0. The van der Waals surface area contributed by atoms with Gasteiger partial charge in [-0.25, -0.2) is 0 Å². The van der Waals surface area contributed by atoms with Crippen LogP contribution in [0.2, 0.25) is 0 Å². The Kier molecular flexibility index (Phi) is 3.18. The lowest BCUT2D eigenvalue weighted by Gasteiger charge is -2.10. The number of methoxy groups -OCH3 is 1. The molecule has 0 unspecified atom stereocenters. The Hall–Kier alpha value is -1.77. The molecule has 17 heavy (non-hydrogen) atoms. The number of fused-ring (bicyclic) bond motifs is 1. The third-order valence-corrected chi connectivity index (χ3v) is 2.81. The smallest absolute Gasteiger partial charge is 0.166 e. The molecule has 0 fully saturated rings. The summed E-state index contributed by atoms with van der Waals surface area (Å²) in [5, 5.41) is 1.05. The van der Waals surface area contributed by atoms with Crippen LogP contribution in [0.25, 0.3) is 10.9 Å². The number of hydrogen-bond acceptors (Lipinski definition) is 2. The molecule has 0 bridgehead atoms. The zero-order valence-electron chi connectivity index (χ0n) is 10.4. The van der Waals surface area contributed by atoms with Crippen LogP contribution in [0, 0.1) is 5.92 Å². The van der Waals surface area contributed by atoms with Gasteiger partial charge in [0.15, 0.2) is 6.29 Å². The number of benzene rings is 1. The summed E-state index contributed by atoms with van der Waals surface area (Å²) in [4.78, 5) is 11.1. The monoisotopic (exact) mass is 231 g/mol. The van der Waals surface area contributed by atoms with Gasteiger partial charge in [-0.3, -0.25) is 4.79 Å². The highest BCUT2D eigenvalue weighted by Crippen LogP contribution is 2.24. The Morgan fingerprint density at radius 3 is 2.71 bits per heavy atom. The van der Waals surface area contributed by atoms with Gasteiger partial charge < -0.3 is 9.30 Å². The van der Waals surface area contributed by atoms with E-state index in [2.05, 4.69) is 18.4 Å². The van der Waals surface area contributed by atoms with Crippen LogP contribution in [0.3, 0.4) is 0 Å². The van der Waals surface area contributed by atoms with Gasteiger partial charge >= 0.3 is 0 Å². The molecule has 2 aromatic rings. The van der Waals surface area contributed by atoms with Crippen molar-refractivity contribution >= 4 is 17.2 Å². The molecule has 0 saturated heterocycles. The number of carbonyl (C=O) groups is 1. The lowest BCUT2D eigenvalue weighted by atomic mass is 10.2. The average Bonchev–Trinajstić information content (AvgIpc) is 2.65. The van der Waals surface area contributed by atoms with Crippen molar-refractivity contribution in [2.45, 2.75) is 20.4 Å². The van der Waals surface area contributed by atoms with Crippen LogP contribution in [0.1, 0.15) is 24.3 Å². The largest absolute Gasteiger partial charge is 0.497 e. The maximum atomic E-state index is 11.1. The van der Waals surface area contributed by atoms with Crippen molar-refractivity contribution in [2.75, 3.05) is 7.11 Å². The van der Waals surface area contributed by atoms with E-state index in [1.807, 2.05) is 24.3 Å². The van der Waals surface area contributed by atoms with Gasteiger partial charge in [0, 0.05) is 17.4 Å². The van der Waals surface area contributed by atoms with Gasteiger partial charge in [-0.2, -0.15) is 0 Å². The SMILES string of the molecule is COc1ccc2c(c1)cc(C=O)n2CC(C)C. The first-order valence-corrected chi connectivity index (χ1v) is 5.78. The highest BCUT2D eigenvalue weighted by atomic mass is 16.5. The van der Waals surface area contributed by atoms with E-state index in [1.165, 1.54) is 0 Å². The highest BCUT2D eigenvalue weighted by Gasteiger charge is 2.10. The highest BCUT2D eigenvalue weighted by molar-refractivity contribution is 5.89. The zero-order chi connectivity index (χ0) is 12.4. The summed E-state index contributed by atoms with van der Waals surface area (Å²) in [6.45, 7) is 5.14. The molecule has 3 nitrogen and oxygen atoms in total. The number of aldehydes is 1. The van der Waals surface area contributed by atoms with E-state index in [1.54, 1.807) is 7.11 Å². The van der Waals surface area contributed by atoms with Crippen molar-refractivity contribution in [3.05, 3.63) is 30.0 Å². The summed E-state index contributed by atoms with van der Waals surface area (Å²) in [5.74, 6) is 1.32. The lowest BCUT2D eigenvalue weighted by Crippen LogP contribution is -2.07. The first kappa shape index (κ1) is 11.7. The van der Waals surface area contributed by atoms with Crippen LogP contribution in [0.5, 0.6) is 5.75 Å². The second-order valence-electron chi connectivity index (χ2n) is 4.62. The molecule has 0 aliphatic carbocycles. The van der Waals surface area contributed by atoms with Crippen molar-refractivity contribution < 1.29 is 9.53 Å². The average molecular weight is 231 g/mol. The maximum Gasteiger partial charge on any atom is 0.166 e. The first-order chi connectivity index (χ1) is 8.15. The summed E-state index contributed by atoms with van der Waals surface area (Å²) < 4.78 is 7.25. The molecule has 2 rings (SSSR count). The number of rotatable bonds is 4. The van der Waals surface area contributed by atoms with Crippen LogP contribution in [0.4, 0.5) is 0 Å². The number of aromatic nitrogens is 1. The van der Waals surface area contributed by atoms with Crippen LogP contribution in [0.15, 0.2) is 24.3 Å². The van der Waals surface area contributed by atoms with Gasteiger partial charge in [0.05, 0.1) is 12.8 Å². The summed E-state index contributed by atoms with van der Waals surface area (Å²) in [6.07, 6.45) is 0.912. The van der Waals surface area contributed by atoms with Gasteiger partial charge in [-0.15, -0.1) is 0 Å². The summed E-state index contributed by atoms with van der Waals surface area (Å²) >= 11 is 0. The van der Waals surface area contributed by atoms with Crippen molar-refractivity contribution in [2.24, 2.45) is 5.92 Å². The second kappa shape index (κ2) is 4.62.